The molecule has 0 amide bonds. The molecule has 0 aliphatic rings. The highest BCUT2D eigenvalue weighted by Crippen LogP contribution is 2.21. The van der Waals surface area contributed by atoms with Crippen molar-refractivity contribution in [1.29, 1.82) is 5.26 Å². The van der Waals surface area contributed by atoms with Crippen molar-refractivity contribution in [3.63, 3.8) is 0 Å². The molecule has 0 N–H and O–H groups in total. The van der Waals surface area contributed by atoms with E-state index in [2.05, 4.69) is 44.6 Å². The first-order valence-corrected chi connectivity index (χ1v) is 4.88. The molecular weight excluding hydrogens is 317 g/mol. The molecule has 0 bridgehead atoms. The Balaban J connectivity index is 3.39. The zero-order valence-corrected chi connectivity index (χ0v) is 9.60. The lowest BCUT2D eigenvalue weighted by Gasteiger charge is -2.00. The van der Waals surface area contributed by atoms with E-state index in [-0.39, 0.29) is 0 Å². The predicted molar refractivity (Wildman–Crippen MR) is 56.3 cm³/mol. The first-order chi connectivity index (χ1) is 5.15. The van der Waals surface area contributed by atoms with Gasteiger partial charge < -0.3 is 0 Å². The van der Waals surface area contributed by atoms with Crippen molar-refractivity contribution in [2.75, 3.05) is 0 Å². The zero-order chi connectivity index (χ0) is 8.43. The Hall–Kier alpha value is -0.0800. The van der Waals surface area contributed by atoms with Crippen LogP contribution in [0.15, 0.2) is 16.6 Å². The van der Waals surface area contributed by atoms with Gasteiger partial charge in [-0.15, -0.1) is 0 Å². The number of hydrogen-bond acceptors (Lipinski definition) is 1. The molecule has 1 aromatic rings. The van der Waals surface area contributed by atoms with Crippen LogP contribution in [0.4, 0.5) is 0 Å². The minimum Gasteiger partial charge on any atom is -0.192 e. The lowest BCUT2D eigenvalue weighted by molar-refractivity contribution is 1.35. The average Bonchev–Trinajstić information content (AvgIpc) is 1.96. The lowest BCUT2D eigenvalue weighted by Crippen LogP contribution is -1.86. The monoisotopic (exact) mass is 321 g/mol. The molecule has 56 valence electrons. The summed E-state index contributed by atoms with van der Waals surface area (Å²) in [5.41, 5.74) is 1.79. The summed E-state index contributed by atoms with van der Waals surface area (Å²) in [5, 5.41) is 8.69. The Kier molecular flexibility index (Phi) is 2.90. The van der Waals surface area contributed by atoms with E-state index in [9.17, 15) is 0 Å². The zero-order valence-electron chi connectivity index (χ0n) is 5.86. The summed E-state index contributed by atoms with van der Waals surface area (Å²) in [7, 11) is 0. The van der Waals surface area contributed by atoms with E-state index in [0.29, 0.717) is 0 Å². The maximum atomic E-state index is 8.69. The molecule has 0 saturated heterocycles. The number of benzene rings is 1. The molecule has 0 fully saturated rings. The van der Waals surface area contributed by atoms with Gasteiger partial charge >= 0.3 is 0 Å². The van der Waals surface area contributed by atoms with Crippen molar-refractivity contribution in [2.45, 2.75) is 6.92 Å². The Bertz CT molecular complexity index is 328. The van der Waals surface area contributed by atoms with E-state index >= 15 is 0 Å². The van der Waals surface area contributed by atoms with E-state index in [1.807, 2.05) is 19.1 Å². The quantitative estimate of drug-likeness (QED) is 0.673. The van der Waals surface area contributed by atoms with Crippen LogP contribution < -0.4 is 0 Å². The third-order valence-electron chi connectivity index (χ3n) is 1.43. The summed E-state index contributed by atoms with van der Waals surface area (Å²) in [4.78, 5) is 0. The third kappa shape index (κ3) is 1.94. The van der Waals surface area contributed by atoms with Gasteiger partial charge in [-0.3, -0.25) is 0 Å². The van der Waals surface area contributed by atoms with E-state index in [4.69, 9.17) is 5.26 Å². The molecule has 0 heterocycles. The topological polar surface area (TPSA) is 23.8 Å². The van der Waals surface area contributed by atoms with Gasteiger partial charge in [0.05, 0.1) is 11.6 Å². The van der Waals surface area contributed by atoms with Gasteiger partial charge in [-0.1, -0.05) is 15.9 Å². The van der Waals surface area contributed by atoms with E-state index in [1.165, 1.54) is 0 Å². The normalized spacial score (nSPS) is 9.27. The molecule has 0 aliphatic carbocycles. The van der Waals surface area contributed by atoms with Gasteiger partial charge in [0.1, 0.15) is 0 Å². The largest absolute Gasteiger partial charge is 0.192 e. The predicted octanol–water partition coefficient (Wildman–Crippen LogP) is 3.23. The Morgan fingerprint density at radius 3 is 2.73 bits per heavy atom. The average molecular weight is 322 g/mol. The number of hydrogen-bond donors (Lipinski definition) is 0. The van der Waals surface area contributed by atoms with Gasteiger partial charge in [0.15, 0.2) is 0 Å². The first-order valence-electron chi connectivity index (χ1n) is 3.01. The smallest absolute Gasteiger partial charge is 0.0995 e. The fourth-order valence-electron chi connectivity index (χ4n) is 0.762. The number of nitriles is 1. The molecule has 0 radical (unpaired) electrons. The van der Waals surface area contributed by atoms with Crippen molar-refractivity contribution in [1.82, 2.24) is 0 Å². The Morgan fingerprint density at radius 2 is 2.18 bits per heavy atom. The fourth-order valence-corrected chi connectivity index (χ4v) is 2.27. The van der Waals surface area contributed by atoms with Gasteiger partial charge in [0.25, 0.3) is 0 Å². The summed E-state index contributed by atoms with van der Waals surface area (Å²) in [6.07, 6.45) is 0. The summed E-state index contributed by atoms with van der Waals surface area (Å²) >= 11 is 5.55. The lowest BCUT2D eigenvalue weighted by atomic mass is 10.1. The molecule has 11 heavy (non-hydrogen) atoms. The Labute approximate surface area is 87.7 Å². The molecular formula is C8H5BrIN. The molecule has 0 unspecified atom stereocenters. The number of nitrogens with zero attached hydrogens (tertiary/aromatic N) is 1. The third-order valence-corrected chi connectivity index (χ3v) is 3.01. The first kappa shape index (κ1) is 9.01. The molecule has 0 saturated carbocycles. The maximum Gasteiger partial charge on any atom is 0.0995 e. The maximum absolute atomic E-state index is 8.69. The van der Waals surface area contributed by atoms with Crippen molar-refractivity contribution in [2.24, 2.45) is 0 Å². The molecule has 0 aromatic heterocycles. The molecule has 0 atom stereocenters. The second-order valence-corrected chi connectivity index (χ2v) is 4.25. The highest BCUT2D eigenvalue weighted by Gasteiger charge is 2.02. The minimum absolute atomic E-state index is 0.740. The van der Waals surface area contributed by atoms with Gasteiger partial charge in [0.2, 0.25) is 0 Å². The number of rotatable bonds is 0. The summed E-state index contributed by atoms with van der Waals surface area (Å²) in [6, 6.07) is 5.97. The summed E-state index contributed by atoms with van der Waals surface area (Å²) in [6.45, 7) is 1.95. The minimum atomic E-state index is 0.740. The second-order valence-electron chi connectivity index (χ2n) is 2.17. The van der Waals surface area contributed by atoms with Gasteiger partial charge in [-0.2, -0.15) is 5.26 Å². The molecule has 0 spiro atoms. The van der Waals surface area contributed by atoms with E-state index in [1.54, 1.807) is 0 Å². The van der Waals surface area contributed by atoms with Gasteiger partial charge in [0, 0.05) is 8.04 Å². The van der Waals surface area contributed by atoms with Crippen LogP contribution in [0.5, 0.6) is 0 Å². The van der Waals surface area contributed by atoms with Gasteiger partial charge in [-0.05, 0) is 47.2 Å². The van der Waals surface area contributed by atoms with Crippen molar-refractivity contribution >= 4 is 38.5 Å². The molecule has 3 heteroatoms. The van der Waals surface area contributed by atoms with Crippen LogP contribution in [-0.4, -0.2) is 0 Å². The van der Waals surface area contributed by atoms with Crippen LogP contribution in [-0.2, 0) is 0 Å². The van der Waals surface area contributed by atoms with Crippen LogP contribution >= 0.6 is 38.5 Å². The molecule has 0 aliphatic heterocycles. The van der Waals surface area contributed by atoms with Crippen molar-refractivity contribution in [3.05, 3.63) is 31.3 Å². The van der Waals surface area contributed by atoms with E-state index in [0.717, 1.165) is 19.2 Å². The fraction of sp³-hybridized carbons (Fsp3) is 0.125. The van der Waals surface area contributed by atoms with Crippen LogP contribution in [0.3, 0.4) is 0 Å². The van der Waals surface area contributed by atoms with Crippen molar-refractivity contribution < 1.29 is 0 Å². The van der Waals surface area contributed by atoms with Gasteiger partial charge in [-0.25, -0.2) is 0 Å². The summed E-state index contributed by atoms with van der Waals surface area (Å²) in [5.74, 6) is 0. The summed E-state index contributed by atoms with van der Waals surface area (Å²) < 4.78 is 2.08. The highest BCUT2D eigenvalue weighted by atomic mass is 127. The molecule has 1 aromatic carbocycles. The second kappa shape index (κ2) is 3.55. The van der Waals surface area contributed by atoms with Crippen molar-refractivity contribution in [3.8, 4) is 6.07 Å². The number of halogens is 2. The highest BCUT2D eigenvalue weighted by molar-refractivity contribution is 14.1. The molecule has 1 nitrogen and oxygen atoms in total. The Morgan fingerprint density at radius 1 is 1.55 bits per heavy atom. The van der Waals surface area contributed by atoms with E-state index < -0.39 is 0 Å². The van der Waals surface area contributed by atoms with Crippen LogP contribution in [0.2, 0.25) is 0 Å². The SMILES string of the molecule is Cc1c(I)cc(Br)cc1C#N. The van der Waals surface area contributed by atoms with Crippen LogP contribution in [0.1, 0.15) is 11.1 Å². The van der Waals surface area contributed by atoms with Crippen LogP contribution in [0.25, 0.3) is 0 Å². The molecule has 1 rings (SSSR count). The van der Waals surface area contributed by atoms with Crippen LogP contribution in [0, 0.1) is 21.8 Å². The standard InChI is InChI=1S/C8H5BrIN/c1-5-6(4-11)2-7(9)3-8(5)10/h2-3H,1H3.